The summed E-state index contributed by atoms with van der Waals surface area (Å²) in [5, 5.41) is 22.2. The molecule has 0 spiro atoms. The van der Waals surface area contributed by atoms with E-state index in [0.29, 0.717) is 45.1 Å². The van der Waals surface area contributed by atoms with E-state index in [1.165, 1.54) is 51.4 Å². The van der Waals surface area contributed by atoms with Gasteiger partial charge in [-0.2, -0.15) is 0 Å². The third kappa shape index (κ3) is 25.9. The number of likely N-dealkylation sites (N-methyl/N-ethyl adjacent to an activating group) is 1. The second-order valence-electron chi connectivity index (χ2n) is 17.0. The van der Waals surface area contributed by atoms with Crippen molar-refractivity contribution >= 4 is 18.1 Å². The van der Waals surface area contributed by atoms with Crippen LogP contribution in [0.3, 0.4) is 0 Å². The molecule has 0 aliphatic rings. The molecule has 0 aliphatic heterocycles. The van der Waals surface area contributed by atoms with Crippen molar-refractivity contribution in [2.24, 2.45) is 16.7 Å². The zero-order chi connectivity index (χ0) is 41.0. The van der Waals surface area contributed by atoms with Crippen molar-refractivity contribution in [1.82, 2.24) is 4.90 Å². The SMILES string of the molecule is CCCCCCCCCC(CCCCCCC)(CC(COC(=O)OCCN(CC)CC)CC(CCCCCCC)(CCCCCCCCC)C(=O)O)C(=O)O. The Hall–Kier alpha value is -1.83. The summed E-state index contributed by atoms with van der Waals surface area (Å²) in [7, 11) is 0. The van der Waals surface area contributed by atoms with Crippen molar-refractivity contribution in [3.8, 4) is 0 Å². The van der Waals surface area contributed by atoms with Gasteiger partial charge >= 0.3 is 18.1 Å². The molecule has 2 N–H and O–H groups in total. The fraction of sp³-hybridized carbons (Fsp3) is 0.936. The molecule has 0 aromatic rings. The molecule has 2 unspecified atom stereocenters. The van der Waals surface area contributed by atoms with Crippen molar-refractivity contribution in [1.29, 1.82) is 0 Å². The first-order valence-electron chi connectivity index (χ1n) is 23.6. The van der Waals surface area contributed by atoms with Crippen LogP contribution < -0.4 is 0 Å². The molecule has 0 aliphatic carbocycles. The maximum absolute atomic E-state index is 13.5. The van der Waals surface area contributed by atoms with Gasteiger partial charge in [-0.05, 0) is 57.5 Å². The molecule has 0 rings (SSSR count). The largest absolute Gasteiger partial charge is 0.508 e. The van der Waals surface area contributed by atoms with Gasteiger partial charge in [0, 0.05) is 6.54 Å². The molecule has 0 fully saturated rings. The van der Waals surface area contributed by atoms with Crippen LogP contribution in [0.15, 0.2) is 0 Å². The zero-order valence-electron chi connectivity index (χ0n) is 37.2. The number of rotatable bonds is 41. The highest BCUT2D eigenvalue weighted by Gasteiger charge is 2.45. The lowest BCUT2D eigenvalue weighted by molar-refractivity contribution is -0.154. The van der Waals surface area contributed by atoms with Crippen LogP contribution in [0.4, 0.5) is 4.79 Å². The van der Waals surface area contributed by atoms with Crippen LogP contribution in [0.25, 0.3) is 0 Å². The lowest BCUT2D eigenvalue weighted by Gasteiger charge is -2.38. The van der Waals surface area contributed by atoms with E-state index in [1.807, 2.05) is 0 Å². The molecule has 8 nitrogen and oxygen atoms in total. The first-order valence-corrected chi connectivity index (χ1v) is 23.6. The van der Waals surface area contributed by atoms with Crippen molar-refractivity contribution < 1.29 is 34.1 Å². The number of carboxylic acids is 2. The van der Waals surface area contributed by atoms with E-state index in [0.717, 1.165) is 116 Å². The Morgan fingerprint density at radius 3 is 1.07 bits per heavy atom. The molecule has 0 aromatic heterocycles. The first-order chi connectivity index (χ1) is 26.6. The van der Waals surface area contributed by atoms with Gasteiger partial charge in [-0.25, -0.2) is 4.79 Å². The highest BCUT2D eigenvalue weighted by atomic mass is 16.7. The molecule has 0 saturated heterocycles. The molecule has 2 atom stereocenters. The summed E-state index contributed by atoms with van der Waals surface area (Å²) in [5.74, 6) is -1.97. The smallest absolute Gasteiger partial charge is 0.481 e. The van der Waals surface area contributed by atoms with Crippen molar-refractivity contribution in [2.75, 3.05) is 32.8 Å². The van der Waals surface area contributed by atoms with Gasteiger partial charge in [0.1, 0.15) is 6.61 Å². The Labute approximate surface area is 340 Å². The second-order valence-corrected chi connectivity index (χ2v) is 17.0. The van der Waals surface area contributed by atoms with Crippen LogP contribution in [-0.2, 0) is 19.1 Å². The summed E-state index contributed by atoms with van der Waals surface area (Å²) >= 11 is 0. The van der Waals surface area contributed by atoms with Gasteiger partial charge in [0.15, 0.2) is 0 Å². The molecule has 0 saturated carbocycles. The van der Waals surface area contributed by atoms with Crippen molar-refractivity contribution in [3.63, 3.8) is 0 Å². The molecular formula is C47H91NO7. The van der Waals surface area contributed by atoms with Crippen LogP contribution in [0.2, 0.25) is 0 Å². The van der Waals surface area contributed by atoms with Gasteiger partial charge in [0.25, 0.3) is 0 Å². The number of carboxylic acid groups (broad SMARTS) is 2. The maximum atomic E-state index is 13.5. The summed E-state index contributed by atoms with van der Waals surface area (Å²) in [6, 6.07) is 0. The number of carbonyl (C=O) groups excluding carboxylic acids is 1. The summed E-state index contributed by atoms with van der Waals surface area (Å²) in [5.41, 5.74) is -1.97. The van der Waals surface area contributed by atoms with E-state index >= 15 is 0 Å². The lowest BCUT2D eigenvalue weighted by atomic mass is 9.66. The summed E-state index contributed by atoms with van der Waals surface area (Å²) in [6.45, 7) is 15.5. The van der Waals surface area contributed by atoms with Gasteiger partial charge < -0.3 is 24.6 Å². The Kier molecular flexibility index (Phi) is 34.2. The van der Waals surface area contributed by atoms with E-state index in [-0.39, 0.29) is 13.2 Å². The maximum Gasteiger partial charge on any atom is 0.508 e. The normalized spacial score (nSPS) is 14.4. The molecule has 0 bridgehead atoms. The topological polar surface area (TPSA) is 113 Å². The van der Waals surface area contributed by atoms with E-state index in [1.54, 1.807) is 0 Å². The van der Waals surface area contributed by atoms with Crippen LogP contribution in [0, 0.1) is 16.7 Å². The molecule has 0 radical (unpaired) electrons. The molecule has 55 heavy (non-hydrogen) atoms. The van der Waals surface area contributed by atoms with E-state index in [9.17, 15) is 24.6 Å². The van der Waals surface area contributed by atoms with Gasteiger partial charge in [-0.15, -0.1) is 0 Å². The van der Waals surface area contributed by atoms with Gasteiger partial charge in [-0.1, -0.05) is 196 Å². The van der Waals surface area contributed by atoms with Crippen LogP contribution in [-0.4, -0.2) is 66.1 Å². The Balaban J connectivity index is 6.51. The number of aliphatic carboxylic acids is 2. The molecule has 326 valence electrons. The summed E-state index contributed by atoms with van der Waals surface area (Å²) in [6.07, 6.45) is 28.1. The fourth-order valence-electron chi connectivity index (χ4n) is 8.56. The Morgan fingerprint density at radius 2 is 0.782 bits per heavy atom. The number of unbranched alkanes of at least 4 members (excludes halogenated alkanes) is 20. The van der Waals surface area contributed by atoms with Gasteiger partial charge in [0.2, 0.25) is 0 Å². The van der Waals surface area contributed by atoms with Gasteiger partial charge in [-0.3, -0.25) is 9.59 Å². The first kappa shape index (κ1) is 53.2. The fourth-order valence-corrected chi connectivity index (χ4v) is 8.56. The number of carbonyl (C=O) groups is 3. The van der Waals surface area contributed by atoms with E-state index < -0.39 is 34.8 Å². The molecular weight excluding hydrogens is 691 g/mol. The third-order valence-corrected chi connectivity index (χ3v) is 12.3. The lowest BCUT2D eigenvalue weighted by Crippen LogP contribution is -2.39. The Bertz CT molecular complexity index is 869. The predicted molar refractivity (Wildman–Crippen MR) is 230 cm³/mol. The second kappa shape index (κ2) is 35.3. The van der Waals surface area contributed by atoms with Crippen LogP contribution in [0.1, 0.15) is 234 Å². The minimum Gasteiger partial charge on any atom is -0.481 e. The summed E-state index contributed by atoms with van der Waals surface area (Å²) in [4.78, 5) is 42.2. The number of ether oxygens (including phenoxy) is 2. The zero-order valence-corrected chi connectivity index (χ0v) is 37.2. The quantitative estimate of drug-likeness (QED) is 0.0466. The minimum absolute atomic E-state index is 0.0200. The predicted octanol–water partition coefficient (Wildman–Crippen LogP) is 14.0. The highest BCUT2D eigenvalue weighted by Crippen LogP contribution is 2.45. The summed E-state index contributed by atoms with van der Waals surface area (Å²) < 4.78 is 11.3. The van der Waals surface area contributed by atoms with Crippen molar-refractivity contribution in [2.45, 2.75) is 234 Å². The Morgan fingerprint density at radius 1 is 0.473 bits per heavy atom. The highest BCUT2D eigenvalue weighted by molar-refractivity contribution is 5.75. The van der Waals surface area contributed by atoms with E-state index in [2.05, 4.69) is 46.4 Å². The number of hydrogen-bond acceptors (Lipinski definition) is 6. The molecule has 0 amide bonds. The third-order valence-electron chi connectivity index (χ3n) is 12.3. The minimum atomic E-state index is -0.985. The van der Waals surface area contributed by atoms with Crippen molar-refractivity contribution in [3.05, 3.63) is 0 Å². The standard InChI is InChI=1S/C47H91NO7/c1-7-13-17-21-23-27-31-35-46(43(49)50,33-29-25-19-15-9-3)39-42(41-55-45(53)54-38-37-48(11-5)12-6)40-47(44(51)52,34-30-26-20-16-10-4)36-32-28-24-22-18-14-8-2/h42H,7-41H2,1-6H3,(H,49,50)(H,51,52). The number of nitrogens with zero attached hydrogens (tertiary/aromatic N) is 1. The average Bonchev–Trinajstić information content (AvgIpc) is 3.17. The molecule has 8 heteroatoms. The van der Waals surface area contributed by atoms with Gasteiger partial charge in [0.05, 0.1) is 17.4 Å². The number of hydrogen-bond donors (Lipinski definition) is 2. The average molecular weight is 782 g/mol. The van der Waals surface area contributed by atoms with Crippen LogP contribution in [0.5, 0.6) is 0 Å². The monoisotopic (exact) mass is 782 g/mol. The van der Waals surface area contributed by atoms with Crippen LogP contribution >= 0.6 is 0 Å². The van der Waals surface area contributed by atoms with E-state index in [4.69, 9.17) is 9.47 Å². The molecule has 0 aromatic carbocycles. The molecule has 0 heterocycles.